The number of nitro groups is 1. The lowest BCUT2D eigenvalue weighted by molar-refractivity contribution is -0.387. The van der Waals surface area contributed by atoms with Gasteiger partial charge in [-0.1, -0.05) is 12.1 Å². The summed E-state index contributed by atoms with van der Waals surface area (Å²) in [6, 6.07) is 12.5. The zero-order valence-corrected chi connectivity index (χ0v) is 17.0. The molecule has 3 aromatic carbocycles. The molecule has 0 bridgehead atoms. The molecule has 0 aromatic heterocycles. The molecule has 0 fully saturated rings. The Labute approximate surface area is 181 Å². The number of hydrogen-bond donors (Lipinski definition) is 1. The number of nitro benzene ring substituents is 1. The first-order valence-electron chi connectivity index (χ1n) is 9.53. The van der Waals surface area contributed by atoms with E-state index >= 15 is 0 Å². The third kappa shape index (κ3) is 3.49. The van der Waals surface area contributed by atoms with Crippen molar-refractivity contribution < 1.29 is 23.7 Å². The minimum absolute atomic E-state index is 0.0167. The van der Waals surface area contributed by atoms with E-state index in [0.29, 0.717) is 5.69 Å². The van der Waals surface area contributed by atoms with Crippen molar-refractivity contribution in [1.82, 2.24) is 0 Å². The molecule has 3 amide bonds. The number of imide groups is 1. The standard InChI is InChI=1S/C23H16FN3O5/c1-12-3-4-13(2)19(9-12)26-22(29)16-7-5-14(10-17(16)23(26)30)21(28)25-15-6-8-18(24)20(11-15)27(31)32/h3-11H,1-2H3,(H,25,28). The van der Waals surface area contributed by atoms with Crippen molar-refractivity contribution in [2.24, 2.45) is 0 Å². The van der Waals surface area contributed by atoms with Crippen LogP contribution < -0.4 is 10.2 Å². The maximum Gasteiger partial charge on any atom is 0.306 e. The molecule has 1 N–H and O–H groups in total. The van der Waals surface area contributed by atoms with E-state index in [-0.39, 0.29) is 22.4 Å². The van der Waals surface area contributed by atoms with E-state index in [4.69, 9.17) is 0 Å². The van der Waals surface area contributed by atoms with Crippen molar-refractivity contribution in [1.29, 1.82) is 0 Å². The van der Waals surface area contributed by atoms with Gasteiger partial charge in [0, 0.05) is 17.3 Å². The molecule has 1 aliphatic heterocycles. The second kappa shape index (κ2) is 7.69. The fraction of sp³-hybridized carbons (Fsp3) is 0.0870. The minimum atomic E-state index is -1.03. The van der Waals surface area contributed by atoms with E-state index in [1.54, 1.807) is 13.0 Å². The Balaban J connectivity index is 1.64. The SMILES string of the molecule is Cc1ccc(C)c(N2C(=O)c3ccc(C(=O)Nc4ccc(F)c([N+](=O)[O-])c4)cc3C2=O)c1. The Hall–Kier alpha value is -4.40. The largest absolute Gasteiger partial charge is 0.322 e. The molecule has 4 rings (SSSR count). The van der Waals surface area contributed by atoms with Gasteiger partial charge in [-0.05, 0) is 61.4 Å². The van der Waals surface area contributed by atoms with Crippen LogP contribution >= 0.6 is 0 Å². The summed E-state index contributed by atoms with van der Waals surface area (Å²) in [5, 5.41) is 13.3. The smallest absolute Gasteiger partial charge is 0.306 e. The van der Waals surface area contributed by atoms with Gasteiger partial charge < -0.3 is 5.32 Å². The number of carbonyl (C=O) groups excluding carboxylic acids is 3. The van der Waals surface area contributed by atoms with Crippen LogP contribution in [0.4, 0.5) is 21.5 Å². The fourth-order valence-corrected chi connectivity index (χ4v) is 3.49. The number of benzene rings is 3. The van der Waals surface area contributed by atoms with Gasteiger partial charge in [-0.3, -0.25) is 24.5 Å². The molecule has 0 atom stereocenters. The average Bonchev–Trinajstić information content (AvgIpc) is 3.00. The molecule has 8 nitrogen and oxygen atoms in total. The maximum absolute atomic E-state index is 13.5. The number of aryl methyl sites for hydroxylation is 2. The second-order valence-electron chi connectivity index (χ2n) is 7.37. The van der Waals surface area contributed by atoms with Crippen LogP contribution in [0.25, 0.3) is 0 Å². The molecule has 9 heteroatoms. The molecule has 0 saturated heterocycles. The van der Waals surface area contributed by atoms with Crippen LogP contribution in [0.3, 0.4) is 0 Å². The quantitative estimate of drug-likeness (QED) is 0.372. The number of carbonyl (C=O) groups is 3. The molecule has 0 radical (unpaired) electrons. The van der Waals surface area contributed by atoms with Crippen molar-refractivity contribution in [2.45, 2.75) is 13.8 Å². The molecule has 0 saturated carbocycles. The molecule has 160 valence electrons. The van der Waals surface area contributed by atoms with Crippen molar-refractivity contribution in [3.63, 3.8) is 0 Å². The third-order valence-corrected chi connectivity index (χ3v) is 5.15. The van der Waals surface area contributed by atoms with Crippen molar-refractivity contribution in [3.05, 3.63) is 98.3 Å². The highest BCUT2D eigenvalue weighted by Crippen LogP contribution is 2.32. The van der Waals surface area contributed by atoms with Crippen molar-refractivity contribution in [3.8, 4) is 0 Å². The monoisotopic (exact) mass is 433 g/mol. The zero-order chi connectivity index (χ0) is 23.2. The van der Waals surface area contributed by atoms with Gasteiger partial charge in [-0.25, -0.2) is 4.90 Å². The van der Waals surface area contributed by atoms with E-state index in [2.05, 4.69) is 5.32 Å². The van der Waals surface area contributed by atoms with E-state index < -0.39 is 34.1 Å². The van der Waals surface area contributed by atoms with Gasteiger partial charge in [0.2, 0.25) is 5.82 Å². The van der Waals surface area contributed by atoms with Crippen molar-refractivity contribution in [2.75, 3.05) is 10.2 Å². The summed E-state index contributed by atoms with van der Waals surface area (Å²) >= 11 is 0. The van der Waals surface area contributed by atoms with E-state index in [0.717, 1.165) is 28.2 Å². The Morgan fingerprint density at radius 1 is 0.969 bits per heavy atom. The lowest BCUT2D eigenvalue weighted by Crippen LogP contribution is -2.30. The highest BCUT2D eigenvalue weighted by Gasteiger charge is 2.37. The molecule has 0 spiro atoms. The number of hydrogen-bond acceptors (Lipinski definition) is 5. The van der Waals surface area contributed by atoms with E-state index in [9.17, 15) is 28.9 Å². The summed E-state index contributed by atoms with van der Waals surface area (Å²) in [6.07, 6.45) is 0. The third-order valence-electron chi connectivity index (χ3n) is 5.15. The van der Waals surface area contributed by atoms with E-state index in [1.807, 2.05) is 19.1 Å². The number of nitrogens with zero attached hydrogens (tertiary/aromatic N) is 2. The predicted octanol–water partition coefficient (Wildman–Crippen LogP) is 4.40. The Kier molecular flexibility index (Phi) is 5.01. The molecule has 3 aromatic rings. The summed E-state index contributed by atoms with van der Waals surface area (Å²) in [5.74, 6) is -2.73. The van der Waals surface area contributed by atoms with Gasteiger partial charge in [0.25, 0.3) is 17.7 Å². The van der Waals surface area contributed by atoms with E-state index in [1.165, 1.54) is 24.3 Å². The first-order valence-corrected chi connectivity index (χ1v) is 9.53. The van der Waals surface area contributed by atoms with Gasteiger partial charge in [-0.2, -0.15) is 4.39 Å². The van der Waals surface area contributed by atoms with Gasteiger partial charge in [-0.15, -0.1) is 0 Å². The summed E-state index contributed by atoms with van der Waals surface area (Å²) in [7, 11) is 0. The second-order valence-corrected chi connectivity index (χ2v) is 7.37. The minimum Gasteiger partial charge on any atom is -0.322 e. The number of rotatable bonds is 4. The predicted molar refractivity (Wildman–Crippen MR) is 115 cm³/mol. The Morgan fingerprint density at radius 3 is 2.41 bits per heavy atom. The van der Waals surface area contributed by atoms with Gasteiger partial charge in [0.15, 0.2) is 0 Å². The molecule has 1 aliphatic rings. The van der Waals surface area contributed by atoms with Gasteiger partial charge in [0.05, 0.1) is 21.7 Å². The highest BCUT2D eigenvalue weighted by atomic mass is 19.1. The first kappa shape index (κ1) is 20.9. The van der Waals surface area contributed by atoms with Gasteiger partial charge in [0.1, 0.15) is 0 Å². The lowest BCUT2D eigenvalue weighted by atomic mass is 10.1. The average molecular weight is 433 g/mol. The summed E-state index contributed by atoms with van der Waals surface area (Å²) in [6.45, 7) is 3.64. The van der Waals surface area contributed by atoms with Crippen LogP contribution in [0, 0.1) is 29.8 Å². The summed E-state index contributed by atoms with van der Waals surface area (Å²) < 4.78 is 13.5. The number of fused-ring (bicyclic) bond motifs is 1. The summed E-state index contributed by atoms with van der Waals surface area (Å²) in [5.41, 5.74) is 1.67. The van der Waals surface area contributed by atoms with Gasteiger partial charge >= 0.3 is 5.69 Å². The van der Waals surface area contributed by atoms with Crippen LogP contribution in [-0.2, 0) is 0 Å². The molecule has 1 heterocycles. The molecule has 32 heavy (non-hydrogen) atoms. The maximum atomic E-state index is 13.5. The molecule has 0 unspecified atom stereocenters. The van der Waals surface area contributed by atoms with Crippen LogP contribution in [0.5, 0.6) is 0 Å². The molecular formula is C23H16FN3O5. The van der Waals surface area contributed by atoms with Crippen LogP contribution in [0.1, 0.15) is 42.2 Å². The zero-order valence-electron chi connectivity index (χ0n) is 17.0. The number of halogens is 1. The molecule has 0 aliphatic carbocycles. The highest BCUT2D eigenvalue weighted by molar-refractivity contribution is 6.35. The first-order chi connectivity index (χ1) is 15.2. The number of anilines is 2. The lowest BCUT2D eigenvalue weighted by Gasteiger charge is -2.17. The normalized spacial score (nSPS) is 12.7. The molecular weight excluding hydrogens is 417 g/mol. The Bertz CT molecular complexity index is 1340. The topological polar surface area (TPSA) is 110 Å². The Morgan fingerprint density at radius 2 is 1.69 bits per heavy atom. The fourth-order valence-electron chi connectivity index (χ4n) is 3.49. The van der Waals surface area contributed by atoms with Crippen molar-refractivity contribution >= 4 is 34.8 Å². The summed E-state index contributed by atoms with van der Waals surface area (Å²) in [4.78, 5) is 49.6. The van der Waals surface area contributed by atoms with Crippen LogP contribution in [0.15, 0.2) is 54.6 Å². The number of nitrogens with one attached hydrogen (secondary N) is 1. The van der Waals surface area contributed by atoms with Crippen LogP contribution in [0.2, 0.25) is 0 Å². The number of amides is 3. The van der Waals surface area contributed by atoms with Crippen LogP contribution in [-0.4, -0.2) is 22.6 Å².